The Kier molecular flexibility index (Phi) is 3.77. The topological polar surface area (TPSA) is 71.7 Å². The molecule has 1 amide bonds. The number of methoxy groups -OCH3 is 1. The summed E-state index contributed by atoms with van der Waals surface area (Å²) in [5.74, 6) is 2.05. The number of ether oxygens (including phenoxy) is 1. The molecular weight excluding hydrogens is 306 g/mol. The summed E-state index contributed by atoms with van der Waals surface area (Å²) in [6.07, 6.45) is 6.22. The summed E-state index contributed by atoms with van der Waals surface area (Å²) >= 11 is 0. The van der Waals surface area contributed by atoms with Crippen molar-refractivity contribution in [2.45, 2.75) is 63.7 Å². The third-order valence-corrected chi connectivity index (χ3v) is 6.51. The van der Waals surface area contributed by atoms with Crippen molar-refractivity contribution >= 4 is 5.91 Å². The lowest BCUT2D eigenvalue weighted by Crippen LogP contribution is -2.61. The standard InChI is InChI=1S/C19H27NO4/c1-12(20-17(21)16-4-3-15(24-16)10-23-2)18-6-13-5-14(7-18)9-19(22,8-13)11-18/h3-4,12-14,22H,5-11H2,1-2H3,(H,20,21)/t12-,13-,14+,18?,19?/m1/s1. The highest BCUT2D eigenvalue weighted by molar-refractivity contribution is 5.91. The Labute approximate surface area is 142 Å². The number of nitrogens with one attached hydrogen (secondary N) is 1. The lowest BCUT2D eigenvalue weighted by Gasteiger charge is -2.62. The maximum absolute atomic E-state index is 12.5. The molecule has 5 rings (SSSR count). The second kappa shape index (κ2) is 5.60. The van der Waals surface area contributed by atoms with Crippen molar-refractivity contribution in [3.05, 3.63) is 23.7 Å². The Morgan fingerprint density at radius 1 is 1.38 bits per heavy atom. The van der Waals surface area contributed by atoms with Crippen LogP contribution in [0.3, 0.4) is 0 Å². The summed E-state index contributed by atoms with van der Waals surface area (Å²) in [6.45, 7) is 2.45. The van der Waals surface area contributed by atoms with Gasteiger partial charge in [-0.1, -0.05) is 0 Å². The zero-order valence-corrected chi connectivity index (χ0v) is 14.5. The molecule has 1 aromatic heterocycles. The van der Waals surface area contributed by atoms with E-state index in [9.17, 15) is 9.90 Å². The molecular formula is C19H27NO4. The average Bonchev–Trinajstić information content (AvgIpc) is 2.93. The first kappa shape index (κ1) is 16.2. The predicted octanol–water partition coefficient (Wildman–Crippen LogP) is 2.88. The summed E-state index contributed by atoms with van der Waals surface area (Å²) in [6, 6.07) is 3.51. The number of aliphatic hydroxyl groups is 1. The Balaban J connectivity index is 1.47. The summed E-state index contributed by atoms with van der Waals surface area (Å²) in [5, 5.41) is 14.0. The zero-order chi connectivity index (χ0) is 16.9. The highest BCUT2D eigenvalue weighted by atomic mass is 16.5. The molecule has 4 bridgehead atoms. The van der Waals surface area contributed by atoms with Crippen molar-refractivity contribution in [3.8, 4) is 0 Å². The highest BCUT2D eigenvalue weighted by Crippen LogP contribution is 2.62. The van der Waals surface area contributed by atoms with Crippen molar-refractivity contribution in [1.82, 2.24) is 5.32 Å². The summed E-state index contributed by atoms with van der Waals surface area (Å²) in [4.78, 5) is 12.5. The van der Waals surface area contributed by atoms with Crippen LogP contribution in [0.25, 0.3) is 0 Å². The van der Waals surface area contributed by atoms with Crippen LogP contribution in [0.4, 0.5) is 0 Å². The highest BCUT2D eigenvalue weighted by Gasteiger charge is 2.59. The van der Waals surface area contributed by atoms with Gasteiger partial charge in [0.2, 0.25) is 0 Å². The molecule has 1 heterocycles. The first-order valence-electron chi connectivity index (χ1n) is 9.02. The van der Waals surface area contributed by atoms with E-state index in [1.165, 1.54) is 6.42 Å². The van der Waals surface area contributed by atoms with Crippen LogP contribution >= 0.6 is 0 Å². The Bertz CT molecular complexity index is 623. The average molecular weight is 333 g/mol. The van der Waals surface area contributed by atoms with E-state index in [1.807, 2.05) is 0 Å². The van der Waals surface area contributed by atoms with E-state index in [2.05, 4.69) is 12.2 Å². The SMILES string of the molecule is COCc1ccc(C(=O)N[C@H](C)C23C[C@@H]4C[C@@H](CC(O)(C4)C2)C3)o1. The fourth-order valence-corrected chi connectivity index (χ4v) is 5.93. The van der Waals surface area contributed by atoms with E-state index in [0.29, 0.717) is 30.0 Å². The van der Waals surface area contributed by atoms with Gasteiger partial charge in [-0.2, -0.15) is 0 Å². The molecule has 5 atom stereocenters. The van der Waals surface area contributed by atoms with Crippen LogP contribution in [0.15, 0.2) is 16.5 Å². The van der Waals surface area contributed by atoms with Gasteiger partial charge >= 0.3 is 0 Å². The first-order valence-corrected chi connectivity index (χ1v) is 9.02. The van der Waals surface area contributed by atoms with E-state index in [0.717, 1.165) is 32.1 Å². The van der Waals surface area contributed by atoms with Gasteiger partial charge in [-0.15, -0.1) is 0 Å². The minimum absolute atomic E-state index is 0.0381. The van der Waals surface area contributed by atoms with E-state index < -0.39 is 5.60 Å². The van der Waals surface area contributed by atoms with E-state index >= 15 is 0 Å². The molecule has 0 spiro atoms. The van der Waals surface area contributed by atoms with Crippen LogP contribution in [0.5, 0.6) is 0 Å². The summed E-state index contributed by atoms with van der Waals surface area (Å²) in [5.41, 5.74) is -0.462. The first-order chi connectivity index (χ1) is 11.4. The molecule has 24 heavy (non-hydrogen) atoms. The van der Waals surface area contributed by atoms with E-state index in [-0.39, 0.29) is 17.4 Å². The maximum atomic E-state index is 12.5. The number of rotatable bonds is 5. The third-order valence-electron chi connectivity index (χ3n) is 6.51. The van der Waals surface area contributed by atoms with Gasteiger partial charge in [0, 0.05) is 13.2 Å². The van der Waals surface area contributed by atoms with Gasteiger partial charge < -0.3 is 19.6 Å². The summed E-state index contributed by atoms with van der Waals surface area (Å²) in [7, 11) is 1.60. The van der Waals surface area contributed by atoms with Crippen LogP contribution in [-0.4, -0.2) is 29.8 Å². The van der Waals surface area contributed by atoms with Crippen LogP contribution in [0, 0.1) is 17.3 Å². The van der Waals surface area contributed by atoms with Crippen LogP contribution < -0.4 is 5.32 Å². The van der Waals surface area contributed by atoms with Gasteiger partial charge in [0.15, 0.2) is 5.76 Å². The number of carbonyl (C=O) groups is 1. The predicted molar refractivity (Wildman–Crippen MR) is 88.4 cm³/mol. The smallest absolute Gasteiger partial charge is 0.287 e. The number of carbonyl (C=O) groups excluding carboxylic acids is 1. The quantitative estimate of drug-likeness (QED) is 0.869. The molecule has 5 heteroatoms. The van der Waals surface area contributed by atoms with Crippen molar-refractivity contribution in [1.29, 1.82) is 0 Å². The summed E-state index contributed by atoms with van der Waals surface area (Å²) < 4.78 is 10.6. The molecule has 2 N–H and O–H groups in total. The van der Waals surface area contributed by atoms with Gasteiger partial charge in [0.25, 0.3) is 5.91 Å². The van der Waals surface area contributed by atoms with Crippen LogP contribution in [0.1, 0.15) is 61.8 Å². The molecule has 0 aromatic carbocycles. The minimum atomic E-state index is -0.501. The largest absolute Gasteiger partial charge is 0.453 e. The molecule has 0 radical (unpaired) electrons. The molecule has 132 valence electrons. The van der Waals surface area contributed by atoms with E-state index in [4.69, 9.17) is 9.15 Å². The molecule has 4 saturated carbocycles. The van der Waals surface area contributed by atoms with E-state index in [1.54, 1.807) is 19.2 Å². The molecule has 1 aromatic rings. The monoisotopic (exact) mass is 333 g/mol. The third kappa shape index (κ3) is 2.68. The number of furan rings is 1. The molecule has 5 nitrogen and oxygen atoms in total. The Morgan fingerprint density at radius 3 is 2.71 bits per heavy atom. The van der Waals surface area contributed by atoms with Gasteiger partial charge in [-0.3, -0.25) is 4.79 Å². The Morgan fingerprint density at radius 2 is 2.08 bits per heavy atom. The van der Waals surface area contributed by atoms with Crippen molar-refractivity contribution < 1.29 is 19.1 Å². The van der Waals surface area contributed by atoms with Crippen molar-refractivity contribution in [2.75, 3.05) is 7.11 Å². The Hall–Kier alpha value is -1.33. The normalized spacial score (nSPS) is 38.3. The van der Waals surface area contributed by atoms with Gasteiger partial charge in [0.05, 0.1) is 5.60 Å². The fourth-order valence-electron chi connectivity index (χ4n) is 5.93. The molecule has 0 aliphatic heterocycles. The number of hydrogen-bond donors (Lipinski definition) is 2. The van der Waals surface area contributed by atoms with Crippen molar-refractivity contribution in [2.24, 2.45) is 17.3 Å². The zero-order valence-electron chi connectivity index (χ0n) is 14.5. The lowest BCUT2D eigenvalue weighted by molar-refractivity contribution is -0.171. The molecule has 0 saturated heterocycles. The minimum Gasteiger partial charge on any atom is -0.453 e. The van der Waals surface area contributed by atoms with Crippen LogP contribution in [0.2, 0.25) is 0 Å². The molecule has 4 aliphatic carbocycles. The maximum Gasteiger partial charge on any atom is 0.287 e. The lowest BCUT2D eigenvalue weighted by atomic mass is 9.46. The molecule has 2 unspecified atom stereocenters. The van der Waals surface area contributed by atoms with Crippen molar-refractivity contribution in [3.63, 3.8) is 0 Å². The van der Waals surface area contributed by atoms with Gasteiger partial charge in [-0.25, -0.2) is 0 Å². The van der Waals surface area contributed by atoms with Gasteiger partial charge in [0.1, 0.15) is 12.4 Å². The fraction of sp³-hybridized carbons (Fsp3) is 0.737. The van der Waals surface area contributed by atoms with Crippen LogP contribution in [-0.2, 0) is 11.3 Å². The number of amides is 1. The second-order valence-electron chi connectivity index (χ2n) is 8.44. The number of hydrogen-bond acceptors (Lipinski definition) is 4. The second-order valence-corrected chi connectivity index (χ2v) is 8.44. The molecule has 4 fully saturated rings. The molecule has 4 aliphatic rings. The van der Waals surface area contributed by atoms with Gasteiger partial charge in [-0.05, 0) is 74.8 Å².